The van der Waals surface area contributed by atoms with Gasteiger partial charge in [-0.25, -0.2) is 9.97 Å². The topological polar surface area (TPSA) is 43.9 Å². The summed E-state index contributed by atoms with van der Waals surface area (Å²) in [5, 5.41) is 4.55. The maximum atomic E-state index is 6.44. The van der Waals surface area contributed by atoms with Crippen molar-refractivity contribution in [1.29, 1.82) is 0 Å². The number of hydrogen-bond acceptors (Lipinski definition) is 3. The van der Waals surface area contributed by atoms with Gasteiger partial charge >= 0.3 is 0 Å². The van der Waals surface area contributed by atoms with E-state index >= 15 is 0 Å². The summed E-state index contributed by atoms with van der Waals surface area (Å²) >= 11 is 0. The van der Waals surface area contributed by atoms with E-state index in [1.807, 2.05) is 30.3 Å². The number of furan rings is 1. The summed E-state index contributed by atoms with van der Waals surface area (Å²) in [5.41, 5.74) is 20.8. The highest BCUT2D eigenvalue weighted by Gasteiger charge is 2.24. The zero-order valence-corrected chi connectivity index (χ0v) is 40.2. The molecule has 11 aromatic carbocycles. The first kappa shape index (κ1) is 42.9. The number of rotatable bonds is 9. The van der Waals surface area contributed by atoms with Gasteiger partial charge in [0.1, 0.15) is 11.2 Å². The molecule has 0 unspecified atom stereocenters. The van der Waals surface area contributed by atoms with Crippen molar-refractivity contribution in [3.05, 3.63) is 273 Å². The molecule has 74 heavy (non-hydrogen) atoms. The zero-order valence-electron chi connectivity index (χ0n) is 40.2. The van der Waals surface area contributed by atoms with Crippen LogP contribution in [-0.4, -0.2) is 14.5 Å². The summed E-state index contributed by atoms with van der Waals surface area (Å²) in [6, 6.07) is 97.5. The largest absolute Gasteiger partial charge is 0.456 e. The highest BCUT2D eigenvalue weighted by molar-refractivity contribution is 6.12. The smallest absolute Gasteiger partial charge is 0.160 e. The van der Waals surface area contributed by atoms with Crippen LogP contribution in [0.2, 0.25) is 0 Å². The minimum absolute atomic E-state index is 0.644. The van der Waals surface area contributed by atoms with Crippen molar-refractivity contribution in [3.63, 3.8) is 0 Å². The molecule has 0 aliphatic carbocycles. The van der Waals surface area contributed by atoms with Gasteiger partial charge in [-0.2, -0.15) is 0 Å². The summed E-state index contributed by atoms with van der Waals surface area (Å²) in [6.45, 7) is 0. The maximum Gasteiger partial charge on any atom is 0.160 e. The van der Waals surface area contributed by atoms with Gasteiger partial charge in [-0.1, -0.05) is 218 Å². The van der Waals surface area contributed by atoms with E-state index in [1.165, 1.54) is 33.0 Å². The first-order valence-electron chi connectivity index (χ1n) is 25.1. The molecule has 4 heteroatoms. The van der Waals surface area contributed by atoms with Gasteiger partial charge in [0, 0.05) is 49.4 Å². The highest BCUT2D eigenvalue weighted by atomic mass is 16.3. The molecule has 3 aromatic heterocycles. The Morgan fingerprint density at radius 1 is 0.257 bits per heavy atom. The standard InChI is InChI=1S/C70H45N3O/c1-5-17-46(18-6-1)49-29-33-51(34-30-49)60-42-56(64-45-63(71-70(72-64)53-23-11-4-12-24-53)55-37-39-59-58-26-14-16-28-67(58)74-68(59)44-55)43-61(52-35-31-50(32-36-52)47-19-7-2-8-20-47)69(60)73-65-27-15-13-25-57(65)62-41-54(38-40-66(62)73)48-21-9-3-10-22-48/h1-45H. The Labute approximate surface area is 428 Å². The van der Waals surface area contributed by atoms with E-state index in [-0.39, 0.29) is 0 Å². The molecule has 0 fully saturated rings. The van der Waals surface area contributed by atoms with Crippen LogP contribution >= 0.6 is 0 Å². The van der Waals surface area contributed by atoms with Crippen molar-refractivity contribution < 1.29 is 4.42 Å². The Morgan fingerprint density at radius 2 is 0.689 bits per heavy atom. The third-order valence-corrected chi connectivity index (χ3v) is 14.4. The van der Waals surface area contributed by atoms with Gasteiger partial charge in [-0.05, 0) is 99.1 Å². The number of fused-ring (bicyclic) bond motifs is 6. The summed E-state index contributed by atoms with van der Waals surface area (Å²) in [7, 11) is 0. The lowest BCUT2D eigenvalue weighted by molar-refractivity contribution is 0.669. The molecule has 0 saturated carbocycles. The van der Waals surface area contributed by atoms with Crippen LogP contribution in [-0.2, 0) is 0 Å². The molecule has 0 amide bonds. The summed E-state index contributed by atoms with van der Waals surface area (Å²) in [5.74, 6) is 0.644. The molecule has 0 N–H and O–H groups in total. The fourth-order valence-electron chi connectivity index (χ4n) is 10.8. The third-order valence-electron chi connectivity index (χ3n) is 14.4. The second-order valence-corrected chi connectivity index (χ2v) is 18.9. The van der Waals surface area contributed by atoms with E-state index in [0.717, 1.165) is 100 Å². The normalized spacial score (nSPS) is 11.5. The van der Waals surface area contributed by atoms with Crippen molar-refractivity contribution in [1.82, 2.24) is 14.5 Å². The summed E-state index contributed by atoms with van der Waals surface area (Å²) in [6.07, 6.45) is 0. The lowest BCUT2D eigenvalue weighted by atomic mass is 9.90. The minimum Gasteiger partial charge on any atom is -0.456 e. The quantitative estimate of drug-likeness (QED) is 0.145. The van der Waals surface area contributed by atoms with Crippen LogP contribution in [0.4, 0.5) is 0 Å². The van der Waals surface area contributed by atoms with Crippen LogP contribution in [0.3, 0.4) is 0 Å². The van der Waals surface area contributed by atoms with Crippen LogP contribution in [0.25, 0.3) is 139 Å². The average molecular weight is 944 g/mol. The molecule has 0 spiro atoms. The Morgan fingerprint density at radius 3 is 1.30 bits per heavy atom. The molecule has 14 aromatic rings. The number of aromatic nitrogens is 3. The van der Waals surface area contributed by atoms with Crippen LogP contribution in [0.15, 0.2) is 277 Å². The predicted molar refractivity (Wildman–Crippen MR) is 307 cm³/mol. The molecule has 4 nitrogen and oxygen atoms in total. The van der Waals surface area contributed by atoms with Crippen molar-refractivity contribution in [3.8, 4) is 95.2 Å². The predicted octanol–water partition coefficient (Wildman–Crippen LogP) is 18.8. The van der Waals surface area contributed by atoms with E-state index in [1.54, 1.807) is 0 Å². The van der Waals surface area contributed by atoms with Crippen molar-refractivity contribution in [2.24, 2.45) is 0 Å². The lowest BCUT2D eigenvalue weighted by Crippen LogP contribution is -2.03. The molecule has 0 saturated heterocycles. The lowest BCUT2D eigenvalue weighted by Gasteiger charge is -2.22. The molecule has 0 radical (unpaired) electrons. The molecule has 0 aliphatic heterocycles. The molecule has 3 heterocycles. The van der Waals surface area contributed by atoms with Crippen molar-refractivity contribution >= 4 is 43.7 Å². The zero-order chi connectivity index (χ0) is 49.0. The SMILES string of the molecule is c1ccc(-c2ccc(-c3cc(-c4cc(-c5ccc6c(c5)oc5ccccc56)nc(-c5ccccc5)n4)cc(-c4ccc(-c5ccccc5)cc4)c3-n3c4ccccc4c4cc(-c5ccccc5)ccc43)cc2)cc1. The van der Waals surface area contributed by atoms with Crippen LogP contribution in [0.1, 0.15) is 0 Å². The van der Waals surface area contributed by atoms with E-state index in [9.17, 15) is 0 Å². The van der Waals surface area contributed by atoms with Gasteiger partial charge in [0.2, 0.25) is 0 Å². The molecule has 14 rings (SSSR count). The Kier molecular flexibility index (Phi) is 10.5. The third kappa shape index (κ3) is 7.65. The number of nitrogens with zero attached hydrogens (tertiary/aromatic N) is 3. The van der Waals surface area contributed by atoms with Crippen molar-refractivity contribution in [2.45, 2.75) is 0 Å². The van der Waals surface area contributed by atoms with Gasteiger partial charge < -0.3 is 8.98 Å². The van der Waals surface area contributed by atoms with Gasteiger partial charge in [0.05, 0.1) is 28.1 Å². The number of para-hydroxylation sites is 2. The fourth-order valence-corrected chi connectivity index (χ4v) is 10.8. The Hall–Kier alpha value is -9.90. The second kappa shape index (κ2) is 18.1. The molecule has 0 atom stereocenters. The summed E-state index contributed by atoms with van der Waals surface area (Å²) < 4.78 is 8.93. The van der Waals surface area contributed by atoms with Gasteiger partial charge in [0.15, 0.2) is 5.82 Å². The van der Waals surface area contributed by atoms with Gasteiger partial charge in [0.25, 0.3) is 0 Å². The first-order valence-corrected chi connectivity index (χ1v) is 25.1. The highest BCUT2D eigenvalue weighted by Crippen LogP contribution is 2.46. The van der Waals surface area contributed by atoms with Gasteiger partial charge in [-0.15, -0.1) is 0 Å². The van der Waals surface area contributed by atoms with Gasteiger partial charge in [-0.3, -0.25) is 0 Å². The molecule has 0 aliphatic rings. The van der Waals surface area contributed by atoms with Crippen LogP contribution in [0.5, 0.6) is 0 Å². The molecular weight excluding hydrogens is 899 g/mol. The van der Waals surface area contributed by atoms with E-state index in [4.69, 9.17) is 14.4 Å². The monoisotopic (exact) mass is 943 g/mol. The maximum absolute atomic E-state index is 6.44. The molecular formula is C70H45N3O. The number of benzene rings is 11. The minimum atomic E-state index is 0.644. The van der Waals surface area contributed by atoms with E-state index < -0.39 is 0 Å². The first-order chi connectivity index (χ1) is 36.7. The fraction of sp³-hybridized carbons (Fsp3) is 0. The second-order valence-electron chi connectivity index (χ2n) is 18.9. The van der Waals surface area contributed by atoms with Crippen molar-refractivity contribution in [2.75, 3.05) is 0 Å². The van der Waals surface area contributed by atoms with Crippen LogP contribution < -0.4 is 0 Å². The van der Waals surface area contributed by atoms with Crippen LogP contribution in [0, 0.1) is 0 Å². The Bertz CT molecular complexity index is 4270. The average Bonchev–Trinajstić information content (AvgIpc) is 4.03. The van der Waals surface area contributed by atoms with E-state index in [2.05, 4.69) is 247 Å². The Balaban J connectivity index is 1.06. The molecule has 0 bridgehead atoms. The number of hydrogen-bond donors (Lipinski definition) is 0. The van der Waals surface area contributed by atoms with E-state index in [0.29, 0.717) is 5.82 Å². The summed E-state index contributed by atoms with van der Waals surface area (Å²) in [4.78, 5) is 10.8. The molecule has 346 valence electrons.